The predicted molar refractivity (Wildman–Crippen MR) is 68.9 cm³/mol. The maximum atomic E-state index is 12.4. The van der Waals surface area contributed by atoms with Gasteiger partial charge in [0, 0.05) is 17.5 Å². The van der Waals surface area contributed by atoms with Gasteiger partial charge in [-0.2, -0.15) is 4.31 Å². The molecule has 1 aliphatic rings. The molecule has 3 rings (SSSR count). The average molecular weight is 283 g/mol. The summed E-state index contributed by atoms with van der Waals surface area (Å²) in [5.41, 5.74) is 1.12. The lowest BCUT2D eigenvalue weighted by Gasteiger charge is -2.31. The summed E-state index contributed by atoms with van der Waals surface area (Å²) >= 11 is 1.70. The lowest BCUT2D eigenvalue weighted by Crippen LogP contribution is -2.38. The first-order valence-corrected chi connectivity index (χ1v) is 7.99. The van der Waals surface area contributed by atoms with Crippen molar-refractivity contribution in [2.45, 2.75) is 24.4 Å². The molecule has 1 N–H and O–H groups in total. The van der Waals surface area contributed by atoms with E-state index in [-0.39, 0.29) is 11.1 Å². The largest absolute Gasteiger partial charge is 0.335 e. The minimum atomic E-state index is -3.47. The second kappa shape index (κ2) is 4.18. The van der Waals surface area contributed by atoms with Crippen molar-refractivity contribution in [3.8, 4) is 0 Å². The maximum absolute atomic E-state index is 12.4. The third-order valence-electron chi connectivity index (χ3n) is 3.28. The van der Waals surface area contributed by atoms with Crippen LogP contribution in [0.3, 0.4) is 0 Å². The van der Waals surface area contributed by atoms with Gasteiger partial charge in [0.15, 0.2) is 5.03 Å². The molecule has 7 heteroatoms. The van der Waals surface area contributed by atoms with Crippen molar-refractivity contribution in [3.63, 3.8) is 0 Å². The van der Waals surface area contributed by atoms with Crippen molar-refractivity contribution in [1.29, 1.82) is 0 Å². The molecule has 0 bridgehead atoms. The number of rotatable bonds is 2. The van der Waals surface area contributed by atoms with Crippen LogP contribution in [0.2, 0.25) is 0 Å². The molecule has 1 unspecified atom stereocenters. The molecule has 0 saturated carbocycles. The third kappa shape index (κ3) is 1.70. The van der Waals surface area contributed by atoms with E-state index >= 15 is 0 Å². The molecule has 1 aliphatic heterocycles. The van der Waals surface area contributed by atoms with Crippen LogP contribution in [0.15, 0.2) is 29.0 Å². The summed E-state index contributed by atoms with van der Waals surface area (Å²) in [6.45, 7) is 2.45. The Kier molecular flexibility index (Phi) is 2.76. The first-order chi connectivity index (χ1) is 8.60. The molecule has 0 saturated heterocycles. The molecular weight excluding hydrogens is 270 g/mol. The molecule has 3 heterocycles. The average Bonchev–Trinajstić information content (AvgIpc) is 3.00. The molecule has 0 aliphatic carbocycles. The van der Waals surface area contributed by atoms with Crippen molar-refractivity contribution in [2.75, 3.05) is 6.54 Å². The van der Waals surface area contributed by atoms with Crippen LogP contribution >= 0.6 is 11.3 Å². The first kappa shape index (κ1) is 11.9. The van der Waals surface area contributed by atoms with E-state index in [0.717, 1.165) is 12.0 Å². The summed E-state index contributed by atoms with van der Waals surface area (Å²) in [7, 11) is -3.47. The summed E-state index contributed by atoms with van der Waals surface area (Å²) < 4.78 is 26.4. The lowest BCUT2D eigenvalue weighted by atomic mass is 10.0. The van der Waals surface area contributed by atoms with Crippen LogP contribution in [0.5, 0.6) is 0 Å². The minimum absolute atomic E-state index is 0.117. The van der Waals surface area contributed by atoms with Crippen LogP contribution in [-0.2, 0) is 16.4 Å². The highest BCUT2D eigenvalue weighted by Crippen LogP contribution is 2.35. The second-order valence-electron chi connectivity index (χ2n) is 4.26. The van der Waals surface area contributed by atoms with Gasteiger partial charge in [-0.15, -0.1) is 11.3 Å². The number of imidazole rings is 1. The van der Waals surface area contributed by atoms with Gasteiger partial charge in [0.05, 0.1) is 12.5 Å². The molecule has 0 fully saturated rings. The van der Waals surface area contributed by atoms with E-state index in [1.165, 1.54) is 21.7 Å². The first-order valence-electron chi connectivity index (χ1n) is 5.67. The Labute approximate surface area is 110 Å². The lowest BCUT2D eigenvalue weighted by molar-refractivity contribution is 0.328. The van der Waals surface area contributed by atoms with Gasteiger partial charge in [0.2, 0.25) is 0 Å². The van der Waals surface area contributed by atoms with Gasteiger partial charge in [-0.05, 0) is 30.4 Å². The standard InChI is InChI=1S/C11H13N3O2S2/c1-8-9-3-5-17-10(9)2-4-14(8)18(15,16)11-6-12-7-13-11/h3,5-8H,2,4H2,1H3,(H,12,13). The van der Waals surface area contributed by atoms with Crippen molar-refractivity contribution in [1.82, 2.24) is 14.3 Å². The predicted octanol–water partition coefficient (Wildman–Crippen LogP) is 1.78. The van der Waals surface area contributed by atoms with Gasteiger partial charge in [0.1, 0.15) is 0 Å². The van der Waals surface area contributed by atoms with Gasteiger partial charge >= 0.3 is 0 Å². The SMILES string of the molecule is CC1c2ccsc2CCN1S(=O)(=O)c1cnc[nH]1. The molecule has 5 nitrogen and oxygen atoms in total. The summed E-state index contributed by atoms with van der Waals surface area (Å²) in [4.78, 5) is 7.75. The fourth-order valence-electron chi connectivity index (χ4n) is 2.33. The molecule has 0 spiro atoms. The summed E-state index contributed by atoms with van der Waals surface area (Å²) in [5.74, 6) is 0. The number of aromatic nitrogens is 2. The molecular formula is C11H13N3O2S2. The number of nitrogens with zero attached hydrogens (tertiary/aromatic N) is 2. The molecule has 2 aromatic heterocycles. The van der Waals surface area contributed by atoms with Crippen molar-refractivity contribution in [3.05, 3.63) is 34.4 Å². The third-order valence-corrected chi connectivity index (χ3v) is 6.17. The van der Waals surface area contributed by atoms with Crippen LogP contribution in [0.1, 0.15) is 23.4 Å². The van der Waals surface area contributed by atoms with Crippen LogP contribution in [-0.4, -0.2) is 29.2 Å². The minimum Gasteiger partial charge on any atom is -0.335 e. The van der Waals surface area contributed by atoms with Gasteiger partial charge in [-0.3, -0.25) is 0 Å². The van der Waals surface area contributed by atoms with Crippen molar-refractivity contribution in [2.24, 2.45) is 0 Å². The molecule has 0 amide bonds. The smallest absolute Gasteiger partial charge is 0.260 e. The monoisotopic (exact) mass is 283 g/mol. The summed E-state index contributed by atoms with van der Waals surface area (Å²) in [6, 6.07) is 1.90. The Morgan fingerprint density at radius 1 is 1.56 bits per heavy atom. The highest BCUT2D eigenvalue weighted by molar-refractivity contribution is 7.89. The number of hydrogen-bond acceptors (Lipinski definition) is 4. The maximum Gasteiger partial charge on any atom is 0.260 e. The second-order valence-corrected chi connectivity index (χ2v) is 7.12. The van der Waals surface area contributed by atoms with Gasteiger partial charge in [-0.1, -0.05) is 0 Å². The summed E-state index contributed by atoms with van der Waals surface area (Å²) in [5, 5.41) is 2.18. The number of sulfonamides is 1. The van der Waals surface area contributed by atoms with Crippen LogP contribution in [0.4, 0.5) is 0 Å². The Hall–Kier alpha value is -1.18. The van der Waals surface area contributed by atoms with Crippen LogP contribution in [0, 0.1) is 0 Å². The number of nitrogens with one attached hydrogen (secondary N) is 1. The van der Waals surface area contributed by atoms with Crippen molar-refractivity contribution >= 4 is 21.4 Å². The zero-order chi connectivity index (χ0) is 12.8. The fraction of sp³-hybridized carbons (Fsp3) is 0.364. The molecule has 1 atom stereocenters. The molecule has 2 aromatic rings. The van der Waals surface area contributed by atoms with E-state index in [9.17, 15) is 8.42 Å². The highest BCUT2D eigenvalue weighted by atomic mass is 32.2. The number of aromatic amines is 1. The van der Waals surface area contributed by atoms with E-state index in [0.29, 0.717) is 6.54 Å². The van der Waals surface area contributed by atoms with Gasteiger partial charge < -0.3 is 4.98 Å². The Morgan fingerprint density at radius 2 is 2.39 bits per heavy atom. The quantitative estimate of drug-likeness (QED) is 0.913. The Morgan fingerprint density at radius 3 is 3.11 bits per heavy atom. The van der Waals surface area contributed by atoms with Gasteiger partial charge in [0.25, 0.3) is 10.0 Å². The van der Waals surface area contributed by atoms with E-state index < -0.39 is 10.0 Å². The number of H-pyrrole nitrogens is 1. The molecule has 18 heavy (non-hydrogen) atoms. The van der Waals surface area contributed by atoms with Crippen molar-refractivity contribution < 1.29 is 8.42 Å². The number of fused-ring (bicyclic) bond motifs is 1. The van der Waals surface area contributed by atoms with E-state index in [4.69, 9.17) is 0 Å². The molecule has 96 valence electrons. The number of hydrogen-bond donors (Lipinski definition) is 1. The normalized spacial score (nSPS) is 20.8. The van der Waals surface area contributed by atoms with Crippen LogP contribution in [0.25, 0.3) is 0 Å². The van der Waals surface area contributed by atoms with Gasteiger partial charge in [-0.25, -0.2) is 13.4 Å². The van der Waals surface area contributed by atoms with E-state index in [2.05, 4.69) is 9.97 Å². The van der Waals surface area contributed by atoms with E-state index in [1.54, 1.807) is 11.3 Å². The molecule has 0 radical (unpaired) electrons. The Bertz CT molecular complexity index is 646. The summed E-state index contributed by atoms with van der Waals surface area (Å²) in [6.07, 6.45) is 3.52. The highest BCUT2D eigenvalue weighted by Gasteiger charge is 2.34. The van der Waals surface area contributed by atoms with Crippen LogP contribution < -0.4 is 0 Å². The Balaban J connectivity index is 2.00. The van der Waals surface area contributed by atoms with E-state index in [1.807, 2.05) is 18.4 Å². The zero-order valence-electron chi connectivity index (χ0n) is 9.83. The topological polar surface area (TPSA) is 66.1 Å². The number of thiophene rings is 1. The molecule has 0 aromatic carbocycles. The fourth-order valence-corrected chi connectivity index (χ4v) is 4.80. The zero-order valence-corrected chi connectivity index (χ0v) is 11.5.